The van der Waals surface area contributed by atoms with Crippen molar-refractivity contribution in [2.75, 3.05) is 6.61 Å². The van der Waals surface area contributed by atoms with E-state index in [0.717, 1.165) is 37.0 Å². The maximum atomic E-state index is 11.9. The Hall–Kier alpha value is -1.39. The first kappa shape index (κ1) is 18.0. The van der Waals surface area contributed by atoms with E-state index in [2.05, 4.69) is 17.4 Å². The van der Waals surface area contributed by atoms with Crippen molar-refractivity contribution < 1.29 is 14.3 Å². The highest BCUT2D eigenvalue weighted by molar-refractivity contribution is 5.75. The van der Waals surface area contributed by atoms with Crippen molar-refractivity contribution in [3.63, 3.8) is 0 Å². The van der Waals surface area contributed by atoms with E-state index in [1.54, 1.807) is 0 Å². The van der Waals surface area contributed by atoms with Crippen molar-refractivity contribution in [1.29, 1.82) is 0 Å². The third kappa shape index (κ3) is 7.14. The van der Waals surface area contributed by atoms with Crippen LogP contribution in [0.2, 0.25) is 0 Å². The van der Waals surface area contributed by atoms with Crippen molar-refractivity contribution in [2.45, 2.75) is 71.3 Å². The molecular formula is C19H29NO3. The molecule has 0 aromatic heterocycles. The number of carbonyl (C=O) groups excluding carboxylic acids is 1. The molecule has 23 heavy (non-hydrogen) atoms. The van der Waals surface area contributed by atoms with Gasteiger partial charge in [0, 0.05) is 19.6 Å². The summed E-state index contributed by atoms with van der Waals surface area (Å²) in [7, 11) is 0. The van der Waals surface area contributed by atoms with Gasteiger partial charge in [-0.25, -0.2) is 0 Å². The van der Waals surface area contributed by atoms with Crippen LogP contribution in [0.5, 0.6) is 0 Å². The molecule has 128 valence electrons. The predicted molar refractivity (Wildman–Crippen MR) is 91.0 cm³/mol. The molecule has 0 bridgehead atoms. The highest BCUT2D eigenvalue weighted by Gasteiger charge is 2.16. The Morgan fingerprint density at radius 3 is 2.83 bits per heavy atom. The molecule has 1 N–H and O–H groups in total. The summed E-state index contributed by atoms with van der Waals surface area (Å²) in [5.74, 6) is 0.0943. The van der Waals surface area contributed by atoms with E-state index in [0.29, 0.717) is 19.6 Å². The zero-order chi connectivity index (χ0) is 16.7. The fraction of sp³-hybridized carbons (Fsp3) is 0.632. The van der Waals surface area contributed by atoms with Gasteiger partial charge in [0.25, 0.3) is 0 Å². The monoisotopic (exact) mass is 319 g/mol. The fourth-order valence-electron chi connectivity index (χ4n) is 2.58. The molecule has 1 aliphatic heterocycles. The van der Waals surface area contributed by atoms with E-state index in [1.807, 2.05) is 32.9 Å². The molecule has 1 heterocycles. The van der Waals surface area contributed by atoms with Gasteiger partial charge in [-0.2, -0.15) is 0 Å². The lowest BCUT2D eigenvalue weighted by Crippen LogP contribution is -2.24. The van der Waals surface area contributed by atoms with Gasteiger partial charge in [0.2, 0.25) is 5.91 Å². The lowest BCUT2D eigenvalue weighted by atomic mass is 10.1. The summed E-state index contributed by atoms with van der Waals surface area (Å²) in [6.07, 6.45) is 3.85. The Balaban J connectivity index is 1.73. The number of benzene rings is 1. The number of hydrogen-bond donors (Lipinski definition) is 1. The number of ether oxygens (including phenoxy) is 2. The molecular weight excluding hydrogens is 290 g/mol. The van der Waals surface area contributed by atoms with Crippen LogP contribution in [0.1, 0.15) is 57.6 Å². The zero-order valence-corrected chi connectivity index (χ0v) is 14.6. The summed E-state index contributed by atoms with van der Waals surface area (Å²) in [5.41, 5.74) is 2.09. The Labute approximate surface area is 139 Å². The minimum atomic E-state index is -0.146. The first-order valence-electron chi connectivity index (χ1n) is 8.52. The predicted octanol–water partition coefficient (Wildman–Crippen LogP) is 3.58. The van der Waals surface area contributed by atoms with E-state index < -0.39 is 0 Å². The van der Waals surface area contributed by atoms with Crippen LogP contribution in [0, 0.1) is 0 Å². The second kappa shape index (κ2) is 8.46. The normalized spacial score (nSPS) is 18.1. The first-order valence-corrected chi connectivity index (χ1v) is 8.52. The molecule has 0 spiro atoms. The van der Waals surface area contributed by atoms with Crippen molar-refractivity contribution in [3.05, 3.63) is 35.4 Å². The van der Waals surface area contributed by atoms with E-state index in [4.69, 9.17) is 9.47 Å². The molecule has 0 saturated carbocycles. The van der Waals surface area contributed by atoms with Gasteiger partial charge in [0.1, 0.15) is 0 Å². The van der Waals surface area contributed by atoms with Crippen molar-refractivity contribution in [3.8, 4) is 0 Å². The largest absolute Gasteiger partial charge is 0.378 e. The first-order chi connectivity index (χ1) is 10.9. The lowest BCUT2D eigenvalue weighted by molar-refractivity contribution is -0.121. The Morgan fingerprint density at radius 1 is 1.35 bits per heavy atom. The molecule has 0 aliphatic carbocycles. The molecule has 1 unspecified atom stereocenters. The molecule has 4 nitrogen and oxygen atoms in total. The van der Waals surface area contributed by atoms with Crippen LogP contribution in [0.4, 0.5) is 0 Å². The van der Waals surface area contributed by atoms with E-state index in [1.165, 1.54) is 0 Å². The number of hydrogen-bond acceptors (Lipinski definition) is 3. The maximum absolute atomic E-state index is 11.9. The minimum absolute atomic E-state index is 0.0943. The number of amides is 1. The van der Waals surface area contributed by atoms with Crippen LogP contribution in [0.3, 0.4) is 0 Å². The maximum Gasteiger partial charge on any atom is 0.220 e. The molecule has 1 saturated heterocycles. The number of carbonyl (C=O) groups is 1. The van der Waals surface area contributed by atoms with E-state index in [9.17, 15) is 4.79 Å². The Morgan fingerprint density at radius 2 is 2.13 bits per heavy atom. The van der Waals surface area contributed by atoms with Crippen molar-refractivity contribution in [2.24, 2.45) is 0 Å². The van der Waals surface area contributed by atoms with Gasteiger partial charge in [0.15, 0.2) is 0 Å². The number of nitrogens with one attached hydrogen (secondary N) is 1. The van der Waals surface area contributed by atoms with Gasteiger partial charge < -0.3 is 14.8 Å². The van der Waals surface area contributed by atoms with Gasteiger partial charge in [-0.15, -0.1) is 0 Å². The molecule has 2 rings (SSSR count). The highest BCUT2D eigenvalue weighted by Crippen LogP contribution is 2.17. The average molecular weight is 319 g/mol. The van der Waals surface area contributed by atoms with Gasteiger partial charge >= 0.3 is 0 Å². The van der Waals surface area contributed by atoms with E-state index >= 15 is 0 Å². The molecule has 4 heteroatoms. The molecule has 1 fully saturated rings. The molecule has 1 aromatic rings. The van der Waals surface area contributed by atoms with Crippen LogP contribution in [-0.2, 0) is 27.4 Å². The van der Waals surface area contributed by atoms with Crippen LogP contribution in [-0.4, -0.2) is 24.2 Å². The summed E-state index contributed by atoms with van der Waals surface area (Å²) in [4.78, 5) is 11.9. The van der Waals surface area contributed by atoms with Crippen LogP contribution in [0.25, 0.3) is 0 Å². The SMILES string of the molecule is CC(C)(C)OCc1cccc(CNC(=O)CCC2CCCO2)c1. The van der Waals surface area contributed by atoms with Gasteiger partial charge in [-0.05, 0) is 51.2 Å². The van der Waals surface area contributed by atoms with Gasteiger partial charge in [-0.1, -0.05) is 24.3 Å². The summed E-state index contributed by atoms with van der Waals surface area (Å²) in [6, 6.07) is 8.18. The topological polar surface area (TPSA) is 47.6 Å². The highest BCUT2D eigenvalue weighted by atomic mass is 16.5. The third-order valence-electron chi connectivity index (χ3n) is 3.87. The molecule has 1 amide bonds. The second-order valence-electron chi connectivity index (χ2n) is 7.17. The van der Waals surface area contributed by atoms with Crippen LogP contribution < -0.4 is 5.32 Å². The molecule has 1 aliphatic rings. The Bertz CT molecular complexity index is 502. The van der Waals surface area contributed by atoms with Crippen LogP contribution in [0.15, 0.2) is 24.3 Å². The van der Waals surface area contributed by atoms with Crippen LogP contribution >= 0.6 is 0 Å². The summed E-state index contributed by atoms with van der Waals surface area (Å²) in [6.45, 7) is 8.13. The minimum Gasteiger partial charge on any atom is -0.378 e. The average Bonchev–Trinajstić information content (AvgIpc) is 3.02. The Kier molecular flexibility index (Phi) is 6.60. The van der Waals surface area contributed by atoms with Gasteiger partial charge in [-0.3, -0.25) is 4.79 Å². The fourth-order valence-corrected chi connectivity index (χ4v) is 2.58. The molecule has 1 atom stereocenters. The zero-order valence-electron chi connectivity index (χ0n) is 14.6. The smallest absolute Gasteiger partial charge is 0.220 e. The molecule has 1 aromatic carbocycles. The molecule has 0 radical (unpaired) electrons. The third-order valence-corrected chi connectivity index (χ3v) is 3.87. The second-order valence-corrected chi connectivity index (χ2v) is 7.17. The lowest BCUT2D eigenvalue weighted by Gasteiger charge is -2.19. The standard InChI is InChI=1S/C19H29NO3/c1-19(2,3)23-14-16-7-4-6-15(12-16)13-20-18(21)10-9-17-8-5-11-22-17/h4,6-7,12,17H,5,8-11,13-14H2,1-3H3,(H,20,21). The summed E-state index contributed by atoms with van der Waals surface area (Å²) < 4.78 is 11.3. The van der Waals surface area contributed by atoms with Crippen molar-refractivity contribution in [1.82, 2.24) is 5.32 Å². The summed E-state index contributed by atoms with van der Waals surface area (Å²) >= 11 is 0. The van der Waals surface area contributed by atoms with Gasteiger partial charge in [0.05, 0.1) is 18.3 Å². The number of rotatable bonds is 7. The quantitative estimate of drug-likeness (QED) is 0.835. The van der Waals surface area contributed by atoms with Crippen molar-refractivity contribution >= 4 is 5.91 Å². The summed E-state index contributed by atoms with van der Waals surface area (Å²) in [5, 5.41) is 2.99. The van der Waals surface area contributed by atoms with E-state index in [-0.39, 0.29) is 17.6 Å².